The second-order valence-corrected chi connectivity index (χ2v) is 6.03. The summed E-state index contributed by atoms with van der Waals surface area (Å²) in [5.74, 6) is 0. The monoisotopic (exact) mass is 287 g/mol. The zero-order valence-electron chi connectivity index (χ0n) is 14.6. The van der Waals surface area contributed by atoms with Gasteiger partial charge in [0.25, 0.3) is 0 Å². The van der Waals surface area contributed by atoms with Crippen LogP contribution in [0.15, 0.2) is 0 Å². The molecule has 0 aromatic carbocycles. The summed E-state index contributed by atoms with van der Waals surface area (Å²) in [4.78, 5) is 5.00. The van der Waals surface area contributed by atoms with Gasteiger partial charge in [-0.3, -0.25) is 0 Å². The van der Waals surface area contributed by atoms with E-state index in [-0.39, 0.29) is 12.1 Å². The van der Waals surface area contributed by atoms with E-state index in [0.717, 1.165) is 32.6 Å². The van der Waals surface area contributed by atoms with Crippen LogP contribution in [-0.2, 0) is 0 Å². The highest BCUT2D eigenvalue weighted by Crippen LogP contribution is 2.16. The van der Waals surface area contributed by atoms with Gasteiger partial charge in [-0.05, 0) is 66.5 Å². The van der Waals surface area contributed by atoms with Crippen molar-refractivity contribution in [2.24, 2.45) is 0 Å². The smallest absolute Gasteiger partial charge is 0.0611 e. The Hall–Kier alpha value is -0.160. The van der Waals surface area contributed by atoms with Crippen molar-refractivity contribution in [2.45, 2.75) is 59.0 Å². The predicted molar refractivity (Wildman–Crippen MR) is 88.3 cm³/mol. The number of hydrogen-bond acceptors (Lipinski definition) is 4. The number of aliphatic hydroxyl groups excluding tert-OH is 1. The van der Waals surface area contributed by atoms with Crippen molar-refractivity contribution < 1.29 is 5.11 Å². The highest BCUT2D eigenvalue weighted by Gasteiger charge is 2.26. The van der Waals surface area contributed by atoms with Gasteiger partial charge >= 0.3 is 0 Å². The maximum Gasteiger partial charge on any atom is 0.0611 e. The molecular formula is C16H37N3O. The first-order valence-electron chi connectivity index (χ1n) is 8.22. The van der Waals surface area contributed by atoms with Gasteiger partial charge < -0.3 is 20.2 Å². The fraction of sp³-hybridized carbons (Fsp3) is 1.00. The molecule has 0 rings (SSSR count). The molecule has 0 spiro atoms. The highest BCUT2D eigenvalue weighted by molar-refractivity contribution is 4.85. The Morgan fingerprint density at radius 2 is 1.70 bits per heavy atom. The van der Waals surface area contributed by atoms with Gasteiger partial charge in [0, 0.05) is 11.6 Å². The van der Waals surface area contributed by atoms with Gasteiger partial charge in [0.1, 0.15) is 0 Å². The van der Waals surface area contributed by atoms with Crippen LogP contribution in [0.25, 0.3) is 0 Å². The number of hydrogen-bond donors (Lipinski definition) is 2. The van der Waals surface area contributed by atoms with Crippen LogP contribution in [0.2, 0.25) is 0 Å². The largest absolute Gasteiger partial charge is 0.394 e. The standard InChI is InChI=1S/C16H37N3O/c1-7-18(8-2)11-10-12-19(9-3)15(4)13-16(5,14-20)17-6/h15,17,20H,7-14H2,1-6H3. The second-order valence-electron chi connectivity index (χ2n) is 6.03. The molecule has 4 heteroatoms. The van der Waals surface area contributed by atoms with E-state index in [0.29, 0.717) is 6.04 Å². The molecule has 0 aromatic heterocycles. The van der Waals surface area contributed by atoms with E-state index in [1.807, 2.05) is 7.05 Å². The van der Waals surface area contributed by atoms with Gasteiger partial charge in [-0.25, -0.2) is 0 Å². The molecule has 2 unspecified atom stereocenters. The van der Waals surface area contributed by atoms with E-state index in [2.05, 4.69) is 49.7 Å². The van der Waals surface area contributed by atoms with Crippen LogP contribution < -0.4 is 5.32 Å². The number of nitrogens with one attached hydrogen (secondary N) is 1. The molecule has 0 heterocycles. The molecule has 122 valence electrons. The minimum Gasteiger partial charge on any atom is -0.394 e. The Bertz CT molecular complexity index is 228. The zero-order chi connectivity index (χ0) is 15.6. The third-order valence-electron chi connectivity index (χ3n) is 4.54. The van der Waals surface area contributed by atoms with Crippen LogP contribution >= 0.6 is 0 Å². The quantitative estimate of drug-likeness (QED) is 0.574. The van der Waals surface area contributed by atoms with Crippen LogP contribution in [-0.4, -0.2) is 72.9 Å². The van der Waals surface area contributed by atoms with Crippen LogP contribution in [0.5, 0.6) is 0 Å². The molecule has 0 aliphatic heterocycles. The number of aliphatic hydroxyl groups is 1. The van der Waals surface area contributed by atoms with Crippen molar-refractivity contribution in [3.63, 3.8) is 0 Å². The molecule has 4 nitrogen and oxygen atoms in total. The molecule has 0 saturated carbocycles. The second kappa shape index (κ2) is 10.6. The summed E-state index contributed by atoms with van der Waals surface area (Å²) in [6, 6.07) is 0.487. The van der Waals surface area contributed by atoms with Crippen molar-refractivity contribution in [2.75, 3.05) is 46.4 Å². The Kier molecular flexibility index (Phi) is 10.5. The molecule has 0 aliphatic rings. The zero-order valence-corrected chi connectivity index (χ0v) is 14.6. The summed E-state index contributed by atoms with van der Waals surface area (Å²) in [6.07, 6.45) is 2.19. The Balaban J connectivity index is 4.24. The summed E-state index contributed by atoms with van der Waals surface area (Å²) in [5, 5.41) is 12.8. The first-order valence-corrected chi connectivity index (χ1v) is 8.22. The third-order valence-corrected chi connectivity index (χ3v) is 4.54. The molecule has 0 radical (unpaired) electrons. The molecule has 0 aromatic rings. The summed E-state index contributed by atoms with van der Waals surface area (Å²) < 4.78 is 0. The van der Waals surface area contributed by atoms with Gasteiger partial charge in [-0.15, -0.1) is 0 Å². The van der Waals surface area contributed by atoms with Crippen LogP contribution in [0.1, 0.15) is 47.5 Å². The molecule has 0 amide bonds. The lowest BCUT2D eigenvalue weighted by molar-refractivity contribution is 0.119. The van der Waals surface area contributed by atoms with E-state index in [1.54, 1.807) is 0 Å². The first-order chi connectivity index (χ1) is 9.46. The molecule has 0 bridgehead atoms. The number of rotatable bonds is 12. The fourth-order valence-corrected chi connectivity index (χ4v) is 2.75. The van der Waals surface area contributed by atoms with Gasteiger partial charge in [0.15, 0.2) is 0 Å². The normalized spacial score (nSPS) is 16.6. The van der Waals surface area contributed by atoms with Crippen molar-refractivity contribution in [3.8, 4) is 0 Å². The molecule has 0 saturated heterocycles. The molecular weight excluding hydrogens is 250 g/mol. The summed E-state index contributed by atoms with van der Waals surface area (Å²) in [6.45, 7) is 16.9. The predicted octanol–water partition coefficient (Wildman–Crippen LogP) is 1.79. The van der Waals surface area contributed by atoms with Gasteiger partial charge in [-0.2, -0.15) is 0 Å². The first kappa shape index (κ1) is 19.8. The molecule has 0 fully saturated rings. The van der Waals surface area contributed by atoms with Gasteiger partial charge in [-0.1, -0.05) is 20.8 Å². The third kappa shape index (κ3) is 7.02. The molecule has 2 N–H and O–H groups in total. The van der Waals surface area contributed by atoms with Crippen molar-refractivity contribution in [3.05, 3.63) is 0 Å². The minimum atomic E-state index is -0.175. The highest BCUT2D eigenvalue weighted by atomic mass is 16.3. The van der Waals surface area contributed by atoms with E-state index >= 15 is 0 Å². The van der Waals surface area contributed by atoms with Crippen molar-refractivity contribution >= 4 is 0 Å². The van der Waals surface area contributed by atoms with Crippen LogP contribution in [0.3, 0.4) is 0 Å². The molecule has 0 aliphatic carbocycles. The maximum atomic E-state index is 9.51. The van der Waals surface area contributed by atoms with Crippen LogP contribution in [0, 0.1) is 0 Å². The Labute approximate surface area is 126 Å². The van der Waals surface area contributed by atoms with Crippen molar-refractivity contribution in [1.82, 2.24) is 15.1 Å². The van der Waals surface area contributed by atoms with Gasteiger partial charge in [0.2, 0.25) is 0 Å². The average molecular weight is 287 g/mol. The minimum absolute atomic E-state index is 0.175. The van der Waals surface area contributed by atoms with E-state index < -0.39 is 0 Å². The summed E-state index contributed by atoms with van der Waals surface area (Å²) >= 11 is 0. The lowest BCUT2D eigenvalue weighted by atomic mass is 9.94. The Morgan fingerprint density at radius 1 is 1.10 bits per heavy atom. The molecule has 2 atom stereocenters. The molecule has 20 heavy (non-hydrogen) atoms. The van der Waals surface area contributed by atoms with Gasteiger partial charge in [0.05, 0.1) is 6.61 Å². The Morgan fingerprint density at radius 3 is 2.10 bits per heavy atom. The maximum absolute atomic E-state index is 9.51. The lowest BCUT2D eigenvalue weighted by Gasteiger charge is -2.36. The lowest BCUT2D eigenvalue weighted by Crippen LogP contribution is -2.49. The average Bonchev–Trinajstić information content (AvgIpc) is 2.47. The van der Waals surface area contributed by atoms with Crippen LogP contribution in [0.4, 0.5) is 0 Å². The summed E-state index contributed by atoms with van der Waals surface area (Å²) in [7, 11) is 1.93. The van der Waals surface area contributed by atoms with E-state index in [1.165, 1.54) is 13.0 Å². The van der Waals surface area contributed by atoms with E-state index in [9.17, 15) is 5.11 Å². The SMILES string of the molecule is CCN(CC)CCCN(CC)C(C)CC(C)(CO)NC. The van der Waals surface area contributed by atoms with Crippen molar-refractivity contribution in [1.29, 1.82) is 0 Å². The van der Waals surface area contributed by atoms with E-state index in [4.69, 9.17) is 0 Å². The summed E-state index contributed by atoms with van der Waals surface area (Å²) in [5.41, 5.74) is -0.175. The number of nitrogens with zero attached hydrogens (tertiary/aromatic N) is 2. The fourth-order valence-electron chi connectivity index (χ4n) is 2.75. The topological polar surface area (TPSA) is 38.7 Å². The number of likely N-dealkylation sites (N-methyl/N-ethyl adjacent to an activating group) is 1.